The average Bonchev–Trinajstić information content (AvgIpc) is 2.35. The maximum atomic E-state index is 10.3. The summed E-state index contributed by atoms with van der Waals surface area (Å²) < 4.78 is 0. The van der Waals surface area contributed by atoms with E-state index in [1.54, 1.807) is 5.51 Å². The molecule has 0 aliphatic heterocycles. The lowest BCUT2D eigenvalue weighted by Crippen LogP contribution is -2.02. The largest absolute Gasteiger partial charge is 0.481 e. The van der Waals surface area contributed by atoms with E-state index < -0.39 is 5.97 Å². The Labute approximate surface area is 68.7 Å². The molecule has 0 spiro atoms. The molecule has 3 nitrogen and oxygen atoms in total. The minimum atomic E-state index is -0.773. The van der Waals surface area contributed by atoms with Crippen LogP contribution in [-0.2, 0) is 4.79 Å². The molecular weight excluding hydrogens is 162 g/mol. The second kappa shape index (κ2) is 3.48. The Hall–Kier alpha value is -0.900. The number of thiazole rings is 1. The lowest BCUT2D eigenvalue weighted by molar-refractivity contribution is -0.137. The van der Waals surface area contributed by atoms with Crippen LogP contribution in [0.25, 0.3) is 0 Å². The van der Waals surface area contributed by atoms with Crippen LogP contribution in [0.1, 0.15) is 25.0 Å². The van der Waals surface area contributed by atoms with Crippen LogP contribution in [0.2, 0.25) is 0 Å². The third kappa shape index (κ3) is 2.31. The number of hydrogen-bond donors (Lipinski definition) is 1. The van der Waals surface area contributed by atoms with Gasteiger partial charge in [0.25, 0.3) is 0 Å². The van der Waals surface area contributed by atoms with Crippen molar-refractivity contribution in [3.63, 3.8) is 0 Å². The Morgan fingerprint density at radius 3 is 3.09 bits per heavy atom. The highest BCUT2D eigenvalue weighted by Gasteiger charge is 2.10. The number of carboxylic acid groups (broad SMARTS) is 1. The van der Waals surface area contributed by atoms with Gasteiger partial charge in [0.1, 0.15) is 0 Å². The van der Waals surface area contributed by atoms with Gasteiger partial charge >= 0.3 is 5.97 Å². The molecule has 1 rings (SSSR count). The normalized spacial score (nSPS) is 12.8. The molecule has 1 unspecified atom stereocenters. The smallest absolute Gasteiger partial charge is 0.304 e. The second-order valence-electron chi connectivity index (χ2n) is 2.41. The molecule has 0 bridgehead atoms. The fourth-order valence-electron chi connectivity index (χ4n) is 0.832. The monoisotopic (exact) mass is 171 g/mol. The van der Waals surface area contributed by atoms with Gasteiger partial charge in [-0.05, 0) is 0 Å². The molecule has 1 N–H and O–H groups in total. The van der Waals surface area contributed by atoms with Gasteiger partial charge < -0.3 is 5.11 Å². The van der Waals surface area contributed by atoms with E-state index in [2.05, 4.69) is 4.98 Å². The molecule has 1 aromatic rings. The Balaban J connectivity index is 2.56. The fraction of sp³-hybridized carbons (Fsp3) is 0.429. The minimum Gasteiger partial charge on any atom is -0.481 e. The van der Waals surface area contributed by atoms with Crippen molar-refractivity contribution in [2.24, 2.45) is 0 Å². The summed E-state index contributed by atoms with van der Waals surface area (Å²) in [5, 5.41) is 10.3. The zero-order valence-corrected chi connectivity index (χ0v) is 6.97. The van der Waals surface area contributed by atoms with E-state index in [-0.39, 0.29) is 12.3 Å². The van der Waals surface area contributed by atoms with Crippen molar-refractivity contribution in [1.82, 2.24) is 4.98 Å². The number of aliphatic carboxylic acids is 1. The highest BCUT2D eigenvalue weighted by molar-refractivity contribution is 7.07. The van der Waals surface area contributed by atoms with Crippen molar-refractivity contribution < 1.29 is 9.90 Å². The van der Waals surface area contributed by atoms with Crippen LogP contribution < -0.4 is 0 Å². The Morgan fingerprint density at radius 1 is 1.91 bits per heavy atom. The first-order valence-corrected chi connectivity index (χ1v) is 4.24. The van der Waals surface area contributed by atoms with E-state index in [0.717, 1.165) is 5.69 Å². The first-order valence-electron chi connectivity index (χ1n) is 3.30. The number of carbonyl (C=O) groups is 1. The Bertz CT molecular complexity index is 233. The van der Waals surface area contributed by atoms with E-state index in [9.17, 15) is 4.79 Å². The van der Waals surface area contributed by atoms with Crippen LogP contribution in [0, 0.1) is 0 Å². The van der Waals surface area contributed by atoms with E-state index in [1.807, 2.05) is 12.3 Å². The van der Waals surface area contributed by atoms with E-state index in [0.29, 0.717) is 0 Å². The van der Waals surface area contributed by atoms with Crippen molar-refractivity contribution in [3.8, 4) is 0 Å². The molecular formula is C7H9NO2S. The number of rotatable bonds is 3. The Kier molecular flexibility index (Phi) is 2.59. The standard InChI is InChI=1S/C7H9NO2S/c1-5(2-7(9)10)6-3-11-4-8-6/h3-5H,2H2,1H3,(H,9,10). The molecule has 4 heteroatoms. The predicted molar refractivity (Wildman–Crippen MR) is 42.8 cm³/mol. The number of hydrogen-bond acceptors (Lipinski definition) is 3. The molecule has 1 heterocycles. The van der Waals surface area contributed by atoms with Crippen molar-refractivity contribution in [1.29, 1.82) is 0 Å². The zero-order chi connectivity index (χ0) is 8.27. The lowest BCUT2D eigenvalue weighted by Gasteiger charge is -2.02. The van der Waals surface area contributed by atoms with E-state index in [1.165, 1.54) is 11.3 Å². The van der Waals surface area contributed by atoms with Crippen LogP contribution in [0.4, 0.5) is 0 Å². The predicted octanol–water partition coefficient (Wildman–Crippen LogP) is 1.72. The maximum absolute atomic E-state index is 10.3. The minimum absolute atomic E-state index is 0.0266. The third-order valence-electron chi connectivity index (χ3n) is 1.44. The van der Waals surface area contributed by atoms with Gasteiger partial charge in [-0.25, -0.2) is 4.98 Å². The topological polar surface area (TPSA) is 50.2 Å². The molecule has 11 heavy (non-hydrogen) atoms. The number of nitrogens with zero attached hydrogens (tertiary/aromatic N) is 1. The average molecular weight is 171 g/mol. The highest BCUT2D eigenvalue weighted by Crippen LogP contribution is 2.17. The molecule has 0 fully saturated rings. The molecule has 0 aromatic carbocycles. The van der Waals surface area contributed by atoms with Crippen LogP contribution >= 0.6 is 11.3 Å². The van der Waals surface area contributed by atoms with Crippen molar-refractivity contribution in [2.45, 2.75) is 19.3 Å². The fourth-order valence-corrected chi connectivity index (χ4v) is 1.51. The van der Waals surface area contributed by atoms with Gasteiger partial charge in [-0.3, -0.25) is 4.79 Å². The molecule has 0 aliphatic carbocycles. The van der Waals surface area contributed by atoms with E-state index in [4.69, 9.17) is 5.11 Å². The first kappa shape index (κ1) is 8.20. The van der Waals surface area contributed by atoms with Crippen molar-refractivity contribution in [2.75, 3.05) is 0 Å². The highest BCUT2D eigenvalue weighted by atomic mass is 32.1. The van der Waals surface area contributed by atoms with Crippen molar-refractivity contribution >= 4 is 17.3 Å². The maximum Gasteiger partial charge on any atom is 0.304 e. The van der Waals surface area contributed by atoms with E-state index >= 15 is 0 Å². The molecule has 0 saturated carbocycles. The van der Waals surface area contributed by atoms with Crippen LogP contribution in [0.15, 0.2) is 10.9 Å². The first-order chi connectivity index (χ1) is 5.20. The van der Waals surface area contributed by atoms with Crippen molar-refractivity contribution in [3.05, 3.63) is 16.6 Å². The van der Waals surface area contributed by atoms with Crippen LogP contribution in [0.3, 0.4) is 0 Å². The molecule has 0 saturated heterocycles. The summed E-state index contributed by atoms with van der Waals surface area (Å²) in [6, 6.07) is 0. The SMILES string of the molecule is CC(CC(=O)O)c1cscn1. The van der Waals surface area contributed by atoms with Gasteiger partial charge in [0.2, 0.25) is 0 Å². The number of aromatic nitrogens is 1. The summed E-state index contributed by atoms with van der Waals surface area (Å²) in [6.07, 6.45) is 0.156. The van der Waals surface area contributed by atoms with Gasteiger partial charge in [-0.1, -0.05) is 6.92 Å². The molecule has 60 valence electrons. The summed E-state index contributed by atoms with van der Waals surface area (Å²) in [7, 11) is 0. The third-order valence-corrected chi connectivity index (χ3v) is 2.04. The lowest BCUT2D eigenvalue weighted by atomic mass is 10.1. The molecule has 0 radical (unpaired) electrons. The molecule has 1 aromatic heterocycles. The van der Waals surface area contributed by atoms with Gasteiger partial charge in [-0.15, -0.1) is 11.3 Å². The molecule has 0 amide bonds. The van der Waals surface area contributed by atoms with Gasteiger partial charge in [0.05, 0.1) is 17.6 Å². The summed E-state index contributed by atoms with van der Waals surface area (Å²) in [5.74, 6) is -0.746. The van der Waals surface area contributed by atoms with Gasteiger partial charge in [0, 0.05) is 11.3 Å². The quantitative estimate of drug-likeness (QED) is 0.753. The number of carboxylic acids is 1. The summed E-state index contributed by atoms with van der Waals surface area (Å²) in [5.41, 5.74) is 2.59. The van der Waals surface area contributed by atoms with Gasteiger partial charge in [-0.2, -0.15) is 0 Å². The second-order valence-corrected chi connectivity index (χ2v) is 3.13. The summed E-state index contributed by atoms with van der Waals surface area (Å²) in [4.78, 5) is 14.3. The van der Waals surface area contributed by atoms with Gasteiger partial charge in [0.15, 0.2) is 0 Å². The summed E-state index contributed by atoms with van der Waals surface area (Å²) >= 11 is 1.49. The van der Waals surface area contributed by atoms with Crippen LogP contribution in [-0.4, -0.2) is 16.1 Å². The van der Waals surface area contributed by atoms with Crippen LogP contribution in [0.5, 0.6) is 0 Å². The zero-order valence-electron chi connectivity index (χ0n) is 6.15. The summed E-state index contributed by atoms with van der Waals surface area (Å²) in [6.45, 7) is 1.86. The Morgan fingerprint density at radius 2 is 2.64 bits per heavy atom. The molecule has 0 aliphatic rings. The molecule has 1 atom stereocenters.